The first-order chi connectivity index (χ1) is 12.7. The molecule has 7 nitrogen and oxygen atoms in total. The van der Waals surface area contributed by atoms with E-state index in [1.807, 2.05) is 31.3 Å². The van der Waals surface area contributed by atoms with E-state index in [0.29, 0.717) is 12.2 Å². The Labute approximate surface area is 155 Å². The average molecular weight is 371 g/mol. The molecule has 0 aliphatic carbocycles. The van der Waals surface area contributed by atoms with Gasteiger partial charge < -0.3 is 4.74 Å². The van der Waals surface area contributed by atoms with Gasteiger partial charge in [-0.15, -0.1) is 0 Å². The molecule has 3 aromatic rings. The van der Waals surface area contributed by atoms with Gasteiger partial charge >= 0.3 is 0 Å². The molecule has 0 saturated carbocycles. The van der Waals surface area contributed by atoms with Crippen LogP contribution in [0.1, 0.15) is 10.5 Å². The summed E-state index contributed by atoms with van der Waals surface area (Å²) in [5.41, 5.74) is 1.35. The minimum Gasteiger partial charge on any atom is -0.379 e. The molecule has 0 N–H and O–H groups in total. The number of para-hydroxylation sites is 1. The van der Waals surface area contributed by atoms with E-state index >= 15 is 0 Å². The van der Waals surface area contributed by atoms with Crippen LogP contribution in [-0.4, -0.2) is 65.0 Å². The van der Waals surface area contributed by atoms with Crippen LogP contribution in [0.3, 0.4) is 0 Å². The molecule has 1 saturated heterocycles. The number of hydrogen-bond acceptors (Lipinski definition) is 6. The maximum absolute atomic E-state index is 13.1. The monoisotopic (exact) mass is 371 g/mol. The Bertz CT molecular complexity index is 867. The number of amides is 1. The van der Waals surface area contributed by atoms with Gasteiger partial charge in [0.1, 0.15) is 0 Å². The van der Waals surface area contributed by atoms with E-state index in [1.54, 1.807) is 21.8 Å². The third kappa shape index (κ3) is 3.62. The first-order valence-corrected chi connectivity index (χ1v) is 9.49. The quantitative estimate of drug-likeness (QED) is 0.687. The lowest BCUT2D eigenvalue weighted by Gasteiger charge is -2.29. The van der Waals surface area contributed by atoms with Crippen LogP contribution in [0.25, 0.3) is 10.2 Å². The predicted molar refractivity (Wildman–Crippen MR) is 102 cm³/mol. The number of aryl methyl sites for hydroxylation is 1. The summed E-state index contributed by atoms with van der Waals surface area (Å²) in [5, 5.41) is 4.99. The minimum atomic E-state index is -0.113. The summed E-state index contributed by atoms with van der Waals surface area (Å²) in [6.07, 6.45) is 1.78. The number of hydrogen-bond donors (Lipinski definition) is 0. The molecule has 0 bridgehead atoms. The molecule has 0 unspecified atom stereocenters. The maximum Gasteiger partial charge on any atom is 0.280 e. The minimum absolute atomic E-state index is 0.113. The zero-order valence-corrected chi connectivity index (χ0v) is 15.5. The van der Waals surface area contributed by atoms with Crippen LogP contribution in [0, 0.1) is 0 Å². The van der Waals surface area contributed by atoms with Gasteiger partial charge in [0.05, 0.1) is 23.4 Å². The number of thiazole rings is 1. The van der Waals surface area contributed by atoms with E-state index in [-0.39, 0.29) is 5.91 Å². The van der Waals surface area contributed by atoms with Crippen LogP contribution in [0.2, 0.25) is 0 Å². The second kappa shape index (κ2) is 7.53. The van der Waals surface area contributed by atoms with E-state index in [0.717, 1.165) is 48.2 Å². The smallest absolute Gasteiger partial charge is 0.280 e. The van der Waals surface area contributed by atoms with Gasteiger partial charge in [0.2, 0.25) is 0 Å². The standard InChI is InChI=1S/C18H21N5O2S/c1-21-7-6-15(20-21)17(24)23(9-8-22-10-12-25-13-11-22)18-19-14-4-2-3-5-16(14)26-18/h2-7H,8-13H2,1H3. The molecule has 2 aromatic heterocycles. The first-order valence-electron chi connectivity index (χ1n) is 8.68. The van der Waals surface area contributed by atoms with Crippen molar-refractivity contribution >= 4 is 32.6 Å². The highest BCUT2D eigenvalue weighted by molar-refractivity contribution is 7.22. The number of benzene rings is 1. The summed E-state index contributed by atoms with van der Waals surface area (Å²) >= 11 is 1.54. The Kier molecular flexibility index (Phi) is 4.96. The molecular formula is C18H21N5O2S. The Hall–Kier alpha value is -2.29. The highest BCUT2D eigenvalue weighted by Gasteiger charge is 2.24. The lowest BCUT2D eigenvalue weighted by atomic mass is 10.3. The predicted octanol–water partition coefficient (Wildman–Crippen LogP) is 2.01. The second-order valence-electron chi connectivity index (χ2n) is 6.25. The molecule has 3 heterocycles. The number of aromatic nitrogens is 3. The van der Waals surface area contributed by atoms with Crippen molar-refractivity contribution in [1.29, 1.82) is 0 Å². The molecule has 0 radical (unpaired) electrons. The van der Waals surface area contributed by atoms with Gasteiger partial charge in [0, 0.05) is 39.4 Å². The number of carbonyl (C=O) groups is 1. The summed E-state index contributed by atoms with van der Waals surface area (Å²) in [6, 6.07) is 9.70. The molecule has 1 aliphatic rings. The largest absolute Gasteiger partial charge is 0.379 e. The van der Waals surface area contributed by atoms with Crippen LogP contribution in [0.15, 0.2) is 36.5 Å². The Morgan fingerprint density at radius 2 is 2.08 bits per heavy atom. The number of rotatable bonds is 5. The molecule has 26 heavy (non-hydrogen) atoms. The van der Waals surface area contributed by atoms with Crippen molar-refractivity contribution in [3.8, 4) is 0 Å². The van der Waals surface area contributed by atoms with E-state index in [2.05, 4.69) is 15.0 Å². The van der Waals surface area contributed by atoms with Crippen molar-refractivity contribution in [2.24, 2.45) is 7.05 Å². The fraction of sp³-hybridized carbons (Fsp3) is 0.389. The van der Waals surface area contributed by atoms with Crippen molar-refractivity contribution in [1.82, 2.24) is 19.7 Å². The normalized spacial score (nSPS) is 15.4. The number of anilines is 1. The van der Waals surface area contributed by atoms with E-state index in [1.165, 1.54) is 11.3 Å². The van der Waals surface area contributed by atoms with Gasteiger partial charge in [-0.25, -0.2) is 4.98 Å². The third-order valence-electron chi connectivity index (χ3n) is 4.43. The van der Waals surface area contributed by atoms with E-state index in [9.17, 15) is 4.79 Å². The molecular weight excluding hydrogens is 350 g/mol. The molecule has 0 atom stereocenters. The van der Waals surface area contributed by atoms with Crippen molar-refractivity contribution in [2.75, 3.05) is 44.3 Å². The summed E-state index contributed by atoms with van der Waals surface area (Å²) in [4.78, 5) is 21.8. The molecule has 1 fully saturated rings. The molecule has 1 amide bonds. The van der Waals surface area contributed by atoms with Crippen molar-refractivity contribution in [2.45, 2.75) is 0 Å². The second-order valence-corrected chi connectivity index (χ2v) is 7.26. The van der Waals surface area contributed by atoms with Crippen LogP contribution in [-0.2, 0) is 11.8 Å². The van der Waals surface area contributed by atoms with E-state index < -0.39 is 0 Å². The first kappa shape index (κ1) is 17.1. The van der Waals surface area contributed by atoms with Gasteiger partial charge in [-0.1, -0.05) is 23.5 Å². The van der Waals surface area contributed by atoms with Crippen molar-refractivity contribution in [3.05, 3.63) is 42.2 Å². The van der Waals surface area contributed by atoms with Gasteiger partial charge in [-0.2, -0.15) is 5.10 Å². The molecule has 1 aromatic carbocycles. The number of nitrogens with zero attached hydrogens (tertiary/aromatic N) is 5. The zero-order valence-electron chi connectivity index (χ0n) is 14.7. The topological polar surface area (TPSA) is 63.5 Å². The van der Waals surface area contributed by atoms with Crippen molar-refractivity contribution in [3.63, 3.8) is 0 Å². The van der Waals surface area contributed by atoms with Crippen LogP contribution in [0.4, 0.5) is 5.13 Å². The summed E-state index contributed by atoms with van der Waals surface area (Å²) < 4.78 is 8.13. The number of fused-ring (bicyclic) bond motifs is 1. The third-order valence-corrected chi connectivity index (χ3v) is 5.49. The van der Waals surface area contributed by atoms with Crippen LogP contribution >= 0.6 is 11.3 Å². The highest BCUT2D eigenvalue weighted by Crippen LogP contribution is 2.29. The Morgan fingerprint density at radius 1 is 1.27 bits per heavy atom. The van der Waals surface area contributed by atoms with Crippen molar-refractivity contribution < 1.29 is 9.53 Å². The molecule has 1 aliphatic heterocycles. The lowest BCUT2D eigenvalue weighted by Crippen LogP contribution is -2.43. The molecule has 8 heteroatoms. The van der Waals surface area contributed by atoms with E-state index in [4.69, 9.17) is 4.74 Å². The van der Waals surface area contributed by atoms with Gasteiger partial charge in [-0.3, -0.25) is 19.3 Å². The maximum atomic E-state index is 13.1. The Balaban J connectivity index is 1.60. The summed E-state index contributed by atoms with van der Waals surface area (Å²) in [5.74, 6) is -0.113. The lowest BCUT2D eigenvalue weighted by molar-refractivity contribution is 0.0391. The van der Waals surface area contributed by atoms with Gasteiger partial charge in [0.15, 0.2) is 10.8 Å². The molecule has 4 rings (SSSR count). The fourth-order valence-electron chi connectivity index (χ4n) is 2.99. The average Bonchev–Trinajstić information content (AvgIpc) is 3.28. The summed E-state index contributed by atoms with van der Waals surface area (Å²) in [7, 11) is 1.81. The number of carbonyl (C=O) groups excluding carboxylic acids is 1. The SMILES string of the molecule is Cn1ccc(C(=O)N(CCN2CCOCC2)c2nc3ccccc3s2)n1. The highest BCUT2D eigenvalue weighted by atomic mass is 32.1. The molecule has 136 valence electrons. The fourth-order valence-corrected chi connectivity index (χ4v) is 3.98. The summed E-state index contributed by atoms with van der Waals surface area (Å²) in [6.45, 7) is 4.65. The molecule has 0 spiro atoms. The van der Waals surface area contributed by atoms with Crippen LogP contribution in [0.5, 0.6) is 0 Å². The van der Waals surface area contributed by atoms with Gasteiger partial charge in [0.25, 0.3) is 5.91 Å². The number of morpholine rings is 1. The van der Waals surface area contributed by atoms with Crippen LogP contribution < -0.4 is 4.90 Å². The zero-order chi connectivity index (χ0) is 17.9. The van der Waals surface area contributed by atoms with Gasteiger partial charge in [-0.05, 0) is 18.2 Å². The number of ether oxygens (including phenoxy) is 1. The Morgan fingerprint density at radius 3 is 2.81 bits per heavy atom.